The Bertz CT molecular complexity index is 772. The van der Waals surface area contributed by atoms with Crippen LogP contribution in [0.3, 0.4) is 0 Å². The number of anilines is 1. The average Bonchev–Trinajstić information content (AvgIpc) is 2.88. The van der Waals surface area contributed by atoms with Gasteiger partial charge < -0.3 is 4.90 Å². The summed E-state index contributed by atoms with van der Waals surface area (Å²) in [6.45, 7) is 3.98. The van der Waals surface area contributed by atoms with Gasteiger partial charge in [-0.05, 0) is 37.1 Å². The van der Waals surface area contributed by atoms with Crippen molar-refractivity contribution in [2.45, 2.75) is 25.1 Å². The van der Waals surface area contributed by atoms with Crippen molar-refractivity contribution in [3.05, 3.63) is 29.3 Å². The predicted octanol–water partition coefficient (Wildman–Crippen LogP) is 2.14. The molecule has 0 saturated carbocycles. The molecule has 0 radical (unpaired) electrons. The highest BCUT2D eigenvalue weighted by molar-refractivity contribution is 8.16. The topological polar surface area (TPSA) is 66.8 Å². The van der Waals surface area contributed by atoms with Crippen LogP contribution in [0.15, 0.2) is 23.2 Å². The smallest absolute Gasteiger partial charge is 0.262 e. The van der Waals surface area contributed by atoms with Crippen LogP contribution in [0.4, 0.5) is 5.69 Å². The number of fused-ring (bicyclic) bond motifs is 1. The van der Waals surface area contributed by atoms with E-state index in [9.17, 15) is 13.2 Å². The van der Waals surface area contributed by atoms with E-state index >= 15 is 0 Å². The first-order valence-corrected chi connectivity index (χ1v) is 10.4. The van der Waals surface area contributed by atoms with E-state index in [0.29, 0.717) is 5.17 Å². The second-order valence-corrected chi connectivity index (χ2v) is 9.57. The summed E-state index contributed by atoms with van der Waals surface area (Å²) in [6.07, 6.45) is 0. The molecule has 0 unspecified atom stereocenters. The summed E-state index contributed by atoms with van der Waals surface area (Å²) in [5, 5.41) is 0.452. The van der Waals surface area contributed by atoms with E-state index in [2.05, 4.69) is 11.1 Å². The first-order chi connectivity index (χ1) is 10.8. The number of hydrogen-bond donors (Lipinski definition) is 0. The Hall–Kier alpha value is -1.05. The molecule has 2 aliphatic heterocycles. The first-order valence-electron chi connectivity index (χ1n) is 7.21. The number of nitrogens with zero attached hydrogens (tertiary/aromatic N) is 2. The number of alkyl halides is 1. The lowest BCUT2D eigenvalue weighted by Gasteiger charge is -2.25. The summed E-state index contributed by atoms with van der Waals surface area (Å²) in [4.78, 5) is 17.6. The third-order valence-electron chi connectivity index (χ3n) is 3.89. The number of thioether (sulfide) groups is 1. The van der Waals surface area contributed by atoms with Gasteiger partial charge in [-0.3, -0.25) is 4.79 Å². The lowest BCUT2D eigenvalue weighted by atomic mass is 10.1. The van der Waals surface area contributed by atoms with Crippen molar-refractivity contribution in [2.75, 3.05) is 22.3 Å². The van der Waals surface area contributed by atoms with Crippen molar-refractivity contribution < 1.29 is 13.2 Å². The number of halogens is 1. The number of rotatable bonds is 2. The molecule has 124 valence electrons. The molecule has 0 bridgehead atoms. The third-order valence-corrected chi connectivity index (χ3v) is 7.32. The molecule has 1 amide bonds. The van der Waals surface area contributed by atoms with E-state index in [1.807, 2.05) is 30.9 Å². The van der Waals surface area contributed by atoms with Gasteiger partial charge in [-0.15, -0.1) is 11.6 Å². The Morgan fingerprint density at radius 3 is 2.57 bits per heavy atom. The maximum atomic E-state index is 12.0. The van der Waals surface area contributed by atoms with Crippen LogP contribution in [-0.4, -0.2) is 48.2 Å². The maximum absolute atomic E-state index is 12.0. The minimum Gasteiger partial charge on any atom is -0.316 e. The quantitative estimate of drug-likeness (QED) is 0.744. The second kappa shape index (κ2) is 6.11. The molecular formula is C15H17ClN2O3S2. The molecule has 2 heterocycles. The standard InChI is InChI=1S/C15H17ClN2O3S2/c1-9-3-10(2)5-11(4-9)18-12-7-23(20,21)8-13(12)22-15(18)17-14(19)6-16/h3-5,12-13H,6-8H2,1-2H3/t12-,13+/m0/s1. The zero-order valence-electron chi connectivity index (χ0n) is 12.8. The van der Waals surface area contributed by atoms with Crippen molar-refractivity contribution in [2.24, 2.45) is 4.99 Å². The first kappa shape index (κ1) is 16.8. The van der Waals surface area contributed by atoms with Crippen molar-refractivity contribution in [3.8, 4) is 0 Å². The Morgan fingerprint density at radius 1 is 1.30 bits per heavy atom. The lowest BCUT2D eigenvalue weighted by Crippen LogP contribution is -2.37. The van der Waals surface area contributed by atoms with Crippen molar-refractivity contribution in [1.82, 2.24) is 0 Å². The number of amides is 1. The molecule has 8 heteroatoms. The van der Waals surface area contributed by atoms with Crippen LogP contribution in [0, 0.1) is 13.8 Å². The summed E-state index contributed by atoms with van der Waals surface area (Å²) in [5.74, 6) is -0.381. The monoisotopic (exact) mass is 372 g/mol. The van der Waals surface area contributed by atoms with Crippen LogP contribution in [0.1, 0.15) is 11.1 Å². The van der Waals surface area contributed by atoms with Gasteiger partial charge in [0.05, 0.1) is 17.5 Å². The molecule has 2 fully saturated rings. The number of carbonyl (C=O) groups excluding carboxylic acids is 1. The number of aliphatic imine (C=N–C) groups is 1. The van der Waals surface area contributed by atoms with E-state index < -0.39 is 15.7 Å². The highest BCUT2D eigenvalue weighted by Gasteiger charge is 2.49. The van der Waals surface area contributed by atoms with Gasteiger partial charge in [-0.1, -0.05) is 17.8 Å². The van der Waals surface area contributed by atoms with Crippen LogP contribution in [0.2, 0.25) is 0 Å². The molecule has 3 rings (SSSR count). The van der Waals surface area contributed by atoms with Crippen LogP contribution in [-0.2, 0) is 14.6 Å². The fraction of sp³-hybridized carbons (Fsp3) is 0.467. The molecular weight excluding hydrogens is 356 g/mol. The molecule has 5 nitrogen and oxygen atoms in total. The number of aryl methyl sites for hydroxylation is 2. The van der Waals surface area contributed by atoms with Gasteiger partial charge in [0.2, 0.25) is 0 Å². The Morgan fingerprint density at radius 2 is 1.96 bits per heavy atom. The molecule has 0 aromatic heterocycles. The summed E-state index contributed by atoms with van der Waals surface area (Å²) in [5.41, 5.74) is 3.04. The summed E-state index contributed by atoms with van der Waals surface area (Å²) < 4.78 is 23.9. The summed E-state index contributed by atoms with van der Waals surface area (Å²) in [7, 11) is -3.05. The fourth-order valence-electron chi connectivity index (χ4n) is 3.09. The molecule has 0 spiro atoms. The van der Waals surface area contributed by atoms with E-state index in [4.69, 9.17) is 11.6 Å². The van der Waals surface area contributed by atoms with E-state index in [1.165, 1.54) is 11.8 Å². The second-order valence-electron chi connectivity index (χ2n) is 5.94. The van der Waals surface area contributed by atoms with Gasteiger partial charge in [-0.25, -0.2) is 8.42 Å². The zero-order valence-corrected chi connectivity index (χ0v) is 15.2. The number of hydrogen-bond acceptors (Lipinski definition) is 4. The number of carbonyl (C=O) groups is 1. The van der Waals surface area contributed by atoms with Gasteiger partial charge in [0.15, 0.2) is 15.0 Å². The molecule has 0 aliphatic carbocycles. The van der Waals surface area contributed by atoms with Gasteiger partial charge in [0, 0.05) is 10.9 Å². The number of amidine groups is 1. The number of benzene rings is 1. The minimum absolute atomic E-state index is 0.0890. The van der Waals surface area contributed by atoms with Gasteiger partial charge >= 0.3 is 0 Å². The SMILES string of the molecule is Cc1cc(C)cc(N2C(=NC(=O)CCl)S[C@@H]3CS(=O)(=O)C[C@@H]32)c1. The summed E-state index contributed by atoms with van der Waals surface area (Å²) >= 11 is 6.92. The Kier molecular flexibility index (Phi) is 4.46. The predicted molar refractivity (Wildman–Crippen MR) is 95.4 cm³/mol. The van der Waals surface area contributed by atoms with Gasteiger partial charge in [-0.2, -0.15) is 4.99 Å². The molecule has 23 heavy (non-hydrogen) atoms. The third kappa shape index (κ3) is 3.41. The average molecular weight is 373 g/mol. The van der Waals surface area contributed by atoms with E-state index in [1.54, 1.807) is 0 Å². The van der Waals surface area contributed by atoms with Crippen LogP contribution in [0.25, 0.3) is 0 Å². The van der Waals surface area contributed by atoms with E-state index in [0.717, 1.165) is 16.8 Å². The molecule has 2 atom stereocenters. The van der Waals surface area contributed by atoms with Crippen molar-refractivity contribution >= 4 is 50.0 Å². The summed E-state index contributed by atoms with van der Waals surface area (Å²) in [6, 6.07) is 5.84. The number of sulfone groups is 1. The highest BCUT2D eigenvalue weighted by atomic mass is 35.5. The zero-order chi connectivity index (χ0) is 16.8. The molecule has 2 saturated heterocycles. The fourth-order valence-corrected chi connectivity index (χ4v) is 7.08. The highest BCUT2D eigenvalue weighted by Crippen LogP contribution is 2.41. The minimum atomic E-state index is -3.05. The van der Waals surface area contributed by atoms with Crippen molar-refractivity contribution in [3.63, 3.8) is 0 Å². The maximum Gasteiger partial charge on any atom is 0.262 e. The lowest BCUT2D eigenvalue weighted by molar-refractivity contribution is -0.115. The van der Waals surface area contributed by atoms with E-state index in [-0.39, 0.29) is 28.7 Å². The normalized spacial score (nSPS) is 27.4. The van der Waals surface area contributed by atoms with Crippen LogP contribution in [0.5, 0.6) is 0 Å². The molecule has 1 aromatic carbocycles. The van der Waals surface area contributed by atoms with Gasteiger partial charge in [0.1, 0.15) is 5.88 Å². The van der Waals surface area contributed by atoms with Gasteiger partial charge in [0.25, 0.3) is 5.91 Å². The Balaban J connectivity index is 2.06. The molecule has 1 aromatic rings. The molecule has 0 N–H and O–H groups in total. The van der Waals surface area contributed by atoms with Crippen LogP contribution < -0.4 is 4.90 Å². The van der Waals surface area contributed by atoms with Crippen LogP contribution >= 0.6 is 23.4 Å². The molecule has 2 aliphatic rings. The largest absolute Gasteiger partial charge is 0.316 e. The van der Waals surface area contributed by atoms with Crippen molar-refractivity contribution in [1.29, 1.82) is 0 Å². The Labute approximate surface area is 145 Å².